The Morgan fingerprint density at radius 3 is 3.07 bits per heavy atom. The molecule has 0 atom stereocenters. The number of anilines is 1. The molecular formula is C10H10N4O. The minimum atomic E-state index is 0.318. The van der Waals surface area contributed by atoms with Gasteiger partial charge in [-0.25, -0.2) is 4.98 Å². The van der Waals surface area contributed by atoms with Gasteiger partial charge in [-0.15, -0.1) is 5.16 Å². The lowest BCUT2D eigenvalue weighted by molar-refractivity contribution is 0.134. The third kappa shape index (κ3) is 1.85. The molecule has 0 spiro atoms. The summed E-state index contributed by atoms with van der Waals surface area (Å²) < 4.78 is 0. The number of nitrogen functional groups attached to an aromatic ring is 1. The number of pyridine rings is 2. The monoisotopic (exact) mass is 202 g/mol. The molecule has 76 valence electrons. The summed E-state index contributed by atoms with van der Waals surface area (Å²) in [5.74, 6) is 0.461. The Kier molecular flexibility index (Phi) is 2.45. The smallest absolute Gasteiger partial charge is 0.144 e. The summed E-state index contributed by atoms with van der Waals surface area (Å²) in [6.45, 7) is 3.56. The number of hydrogen-bond donors (Lipinski definition) is 1. The average Bonchev–Trinajstić information content (AvgIpc) is 2.26. The van der Waals surface area contributed by atoms with E-state index in [2.05, 4.69) is 21.8 Å². The van der Waals surface area contributed by atoms with Crippen LogP contribution < -0.4 is 5.73 Å². The van der Waals surface area contributed by atoms with Gasteiger partial charge in [0.2, 0.25) is 0 Å². The molecule has 5 heteroatoms. The summed E-state index contributed by atoms with van der Waals surface area (Å²) in [7, 11) is 0. The van der Waals surface area contributed by atoms with Gasteiger partial charge in [0.15, 0.2) is 0 Å². The number of aromatic nitrogens is 2. The second-order valence-electron chi connectivity index (χ2n) is 2.98. The minimum Gasteiger partial charge on any atom is -0.391 e. The molecular weight excluding hydrogens is 192 g/mol. The number of nitrogens with zero attached hydrogens (tertiary/aromatic N) is 3. The first kappa shape index (κ1) is 9.39. The largest absolute Gasteiger partial charge is 0.391 e. The molecule has 0 saturated carbocycles. The van der Waals surface area contributed by atoms with Crippen molar-refractivity contribution < 1.29 is 4.84 Å². The summed E-state index contributed by atoms with van der Waals surface area (Å²) in [5.41, 5.74) is 8.02. The molecule has 0 unspecified atom stereocenters. The van der Waals surface area contributed by atoms with Crippen LogP contribution in [0.25, 0.3) is 11.0 Å². The molecule has 0 aromatic carbocycles. The first-order valence-corrected chi connectivity index (χ1v) is 4.39. The molecule has 2 heterocycles. The van der Waals surface area contributed by atoms with E-state index in [4.69, 9.17) is 10.6 Å². The Hall–Kier alpha value is -2.17. The van der Waals surface area contributed by atoms with Crippen LogP contribution in [0.15, 0.2) is 29.6 Å². The topological polar surface area (TPSA) is 73.4 Å². The van der Waals surface area contributed by atoms with Crippen LogP contribution in [0.4, 0.5) is 5.82 Å². The van der Waals surface area contributed by atoms with Gasteiger partial charge in [0.1, 0.15) is 12.4 Å². The zero-order valence-electron chi connectivity index (χ0n) is 8.05. The summed E-state index contributed by atoms with van der Waals surface area (Å²) in [6, 6.07) is 5.36. The molecule has 0 amide bonds. The zero-order valence-corrected chi connectivity index (χ0v) is 8.05. The predicted octanol–water partition coefficient (Wildman–Crippen LogP) is 1.34. The quantitative estimate of drug-likeness (QED) is 0.602. The van der Waals surface area contributed by atoms with E-state index < -0.39 is 0 Å². The summed E-state index contributed by atoms with van der Waals surface area (Å²) in [6.07, 6.45) is 1.70. The lowest BCUT2D eigenvalue weighted by Gasteiger charge is -2.04. The van der Waals surface area contributed by atoms with Gasteiger partial charge >= 0.3 is 0 Å². The number of hydrogen-bond acceptors (Lipinski definition) is 5. The Balaban J connectivity index is 2.52. The molecule has 0 aliphatic rings. The van der Waals surface area contributed by atoms with E-state index in [9.17, 15) is 0 Å². The van der Waals surface area contributed by atoms with E-state index in [1.165, 1.54) is 0 Å². The minimum absolute atomic E-state index is 0.318. The van der Waals surface area contributed by atoms with E-state index in [1.54, 1.807) is 12.3 Å². The maximum Gasteiger partial charge on any atom is 0.144 e. The third-order valence-corrected chi connectivity index (χ3v) is 2.00. The van der Waals surface area contributed by atoms with Crippen molar-refractivity contribution in [2.45, 2.75) is 6.61 Å². The van der Waals surface area contributed by atoms with E-state index >= 15 is 0 Å². The first-order valence-electron chi connectivity index (χ1n) is 4.39. The lowest BCUT2D eigenvalue weighted by atomic mass is 10.2. The van der Waals surface area contributed by atoms with Crippen LogP contribution in [0.5, 0.6) is 0 Å². The van der Waals surface area contributed by atoms with Gasteiger partial charge in [0.05, 0.1) is 11.0 Å². The van der Waals surface area contributed by atoms with Crippen molar-refractivity contribution in [3.8, 4) is 0 Å². The molecule has 2 rings (SSSR count). The Morgan fingerprint density at radius 1 is 1.40 bits per heavy atom. The highest BCUT2D eigenvalue weighted by Gasteiger charge is 2.04. The van der Waals surface area contributed by atoms with E-state index in [0.717, 1.165) is 16.6 Å². The van der Waals surface area contributed by atoms with Gasteiger partial charge in [0.25, 0.3) is 0 Å². The molecule has 0 radical (unpaired) electrons. The molecule has 0 fully saturated rings. The summed E-state index contributed by atoms with van der Waals surface area (Å²) in [5, 5.41) is 3.33. The van der Waals surface area contributed by atoms with Crippen LogP contribution in [-0.2, 0) is 11.4 Å². The highest BCUT2D eigenvalue weighted by molar-refractivity contribution is 5.78. The van der Waals surface area contributed by atoms with Crippen molar-refractivity contribution >= 4 is 23.6 Å². The van der Waals surface area contributed by atoms with Crippen molar-refractivity contribution in [3.05, 3.63) is 30.0 Å². The Labute approximate surface area is 86.6 Å². The third-order valence-electron chi connectivity index (χ3n) is 2.00. The predicted molar refractivity (Wildman–Crippen MR) is 58.3 cm³/mol. The molecule has 5 nitrogen and oxygen atoms in total. The summed E-state index contributed by atoms with van der Waals surface area (Å²) in [4.78, 5) is 13.2. The zero-order chi connectivity index (χ0) is 10.7. The lowest BCUT2D eigenvalue weighted by Crippen LogP contribution is -1.96. The molecule has 2 aromatic heterocycles. The molecule has 0 saturated heterocycles. The fraction of sp³-hybridized carbons (Fsp3) is 0.100. The summed E-state index contributed by atoms with van der Waals surface area (Å²) >= 11 is 0. The second kappa shape index (κ2) is 3.91. The van der Waals surface area contributed by atoms with Gasteiger partial charge < -0.3 is 10.6 Å². The van der Waals surface area contributed by atoms with E-state index in [-0.39, 0.29) is 0 Å². The van der Waals surface area contributed by atoms with Gasteiger partial charge in [-0.1, -0.05) is 0 Å². The maximum atomic E-state index is 5.61. The second-order valence-corrected chi connectivity index (χ2v) is 2.98. The first-order chi connectivity index (χ1) is 7.31. The van der Waals surface area contributed by atoms with Crippen molar-refractivity contribution in [2.24, 2.45) is 5.16 Å². The van der Waals surface area contributed by atoms with Crippen LogP contribution in [0, 0.1) is 0 Å². The Bertz CT molecular complexity index is 498. The molecule has 0 aliphatic heterocycles. The normalized spacial score (nSPS) is 10.1. The fourth-order valence-corrected chi connectivity index (χ4v) is 1.33. The molecule has 0 bridgehead atoms. The van der Waals surface area contributed by atoms with E-state index in [0.29, 0.717) is 12.4 Å². The van der Waals surface area contributed by atoms with Crippen molar-refractivity contribution in [2.75, 3.05) is 5.73 Å². The molecule has 2 N–H and O–H groups in total. The highest BCUT2D eigenvalue weighted by atomic mass is 16.6. The van der Waals surface area contributed by atoms with Crippen molar-refractivity contribution in [1.29, 1.82) is 0 Å². The molecule has 0 aliphatic carbocycles. The standard InChI is InChI=1S/C10H10N4O/c1-12-15-6-7-4-5-13-8-2-3-9(11)14-10(7)8/h2-5H,1,6H2,(H2,11,14). The SMILES string of the molecule is C=NOCc1ccnc2ccc(N)nc12. The van der Waals surface area contributed by atoms with E-state index in [1.807, 2.05) is 12.1 Å². The Morgan fingerprint density at radius 2 is 2.27 bits per heavy atom. The van der Waals surface area contributed by atoms with Gasteiger partial charge in [-0.3, -0.25) is 4.98 Å². The van der Waals surface area contributed by atoms with Crippen LogP contribution in [0.3, 0.4) is 0 Å². The van der Waals surface area contributed by atoms with Crippen LogP contribution in [0.1, 0.15) is 5.56 Å². The van der Waals surface area contributed by atoms with Crippen LogP contribution in [-0.4, -0.2) is 16.7 Å². The fourth-order valence-electron chi connectivity index (χ4n) is 1.33. The number of fused-ring (bicyclic) bond motifs is 1. The van der Waals surface area contributed by atoms with Crippen molar-refractivity contribution in [1.82, 2.24) is 9.97 Å². The van der Waals surface area contributed by atoms with Crippen LogP contribution in [0.2, 0.25) is 0 Å². The average molecular weight is 202 g/mol. The van der Waals surface area contributed by atoms with Crippen molar-refractivity contribution in [3.63, 3.8) is 0 Å². The number of nitrogens with two attached hydrogens (primary N) is 1. The number of rotatable bonds is 3. The maximum absolute atomic E-state index is 5.61. The van der Waals surface area contributed by atoms with Crippen LogP contribution >= 0.6 is 0 Å². The van der Waals surface area contributed by atoms with Gasteiger partial charge in [0, 0.05) is 18.5 Å². The van der Waals surface area contributed by atoms with Gasteiger partial charge in [-0.05, 0) is 18.2 Å². The van der Waals surface area contributed by atoms with Gasteiger partial charge in [-0.2, -0.15) is 0 Å². The number of oxime groups is 1. The highest BCUT2D eigenvalue weighted by Crippen LogP contribution is 2.16. The molecule has 2 aromatic rings. The molecule has 15 heavy (non-hydrogen) atoms.